The Morgan fingerprint density at radius 3 is 2.94 bits per heavy atom. The van der Waals surface area contributed by atoms with Gasteiger partial charge in [0.15, 0.2) is 0 Å². The fraction of sp³-hybridized carbons (Fsp3) is 0.400. The molecule has 3 nitrogen and oxygen atoms in total. The molecule has 0 spiro atoms. The van der Waals surface area contributed by atoms with E-state index in [1.807, 2.05) is 0 Å². The Morgan fingerprint density at radius 2 is 2.17 bits per heavy atom. The fourth-order valence-corrected chi connectivity index (χ4v) is 3.20. The van der Waals surface area contributed by atoms with Crippen LogP contribution < -0.4 is 0 Å². The highest BCUT2D eigenvalue weighted by molar-refractivity contribution is 5.86. The Morgan fingerprint density at radius 1 is 1.28 bits per heavy atom. The number of nitrogens with one attached hydrogen (secondary N) is 1. The highest BCUT2D eigenvalue weighted by atomic mass is 16.1. The topological polar surface area (TPSA) is 45.2 Å². The third-order valence-corrected chi connectivity index (χ3v) is 4.37. The Bertz CT molecular complexity index is 688. The van der Waals surface area contributed by atoms with Gasteiger partial charge in [-0.25, -0.2) is 4.79 Å². The average Bonchev–Trinajstić information content (AvgIpc) is 2.87. The number of benzene rings is 1. The molecule has 1 aromatic carbocycles. The molecule has 2 aliphatic rings. The molecule has 2 aromatic rings. The summed E-state index contributed by atoms with van der Waals surface area (Å²) in [7, 11) is 0. The number of aromatic nitrogens is 1. The number of fused-ring (bicyclic) bond motifs is 3. The van der Waals surface area contributed by atoms with Crippen molar-refractivity contribution >= 4 is 17.0 Å². The van der Waals surface area contributed by atoms with Crippen LogP contribution in [-0.4, -0.2) is 11.1 Å². The minimum atomic E-state index is -0.251. The van der Waals surface area contributed by atoms with Gasteiger partial charge in [0.25, 0.3) is 0 Å². The van der Waals surface area contributed by atoms with Crippen molar-refractivity contribution < 1.29 is 4.79 Å². The number of nitrogens with zero attached hydrogens (tertiary/aromatic N) is 1. The molecule has 0 radical (unpaired) electrons. The molecule has 0 amide bonds. The zero-order valence-electron chi connectivity index (χ0n) is 10.1. The van der Waals surface area contributed by atoms with E-state index in [-0.39, 0.29) is 5.54 Å². The maximum Gasteiger partial charge on any atom is 0.235 e. The molecule has 2 aliphatic carbocycles. The first-order valence-corrected chi connectivity index (χ1v) is 6.55. The van der Waals surface area contributed by atoms with Gasteiger partial charge in [0.1, 0.15) is 0 Å². The second kappa shape index (κ2) is 3.33. The van der Waals surface area contributed by atoms with E-state index in [9.17, 15) is 4.79 Å². The molecule has 1 aromatic heterocycles. The van der Waals surface area contributed by atoms with Crippen LogP contribution in [0.15, 0.2) is 23.2 Å². The molecule has 0 atom stereocenters. The molecule has 4 rings (SSSR count). The van der Waals surface area contributed by atoms with E-state index in [1.165, 1.54) is 40.6 Å². The van der Waals surface area contributed by atoms with E-state index >= 15 is 0 Å². The summed E-state index contributed by atoms with van der Waals surface area (Å²) < 4.78 is 0. The van der Waals surface area contributed by atoms with Crippen LogP contribution >= 0.6 is 0 Å². The summed E-state index contributed by atoms with van der Waals surface area (Å²) in [5, 5.41) is 1.33. The maximum atomic E-state index is 10.5. The Labute approximate surface area is 105 Å². The van der Waals surface area contributed by atoms with Gasteiger partial charge in [-0.15, -0.1) is 0 Å². The number of aryl methyl sites for hydroxylation is 2. The van der Waals surface area contributed by atoms with Gasteiger partial charge in [-0.05, 0) is 55.4 Å². The van der Waals surface area contributed by atoms with Crippen LogP contribution in [0.5, 0.6) is 0 Å². The van der Waals surface area contributed by atoms with E-state index in [2.05, 4.69) is 28.2 Å². The number of hydrogen-bond acceptors (Lipinski definition) is 2. The third-order valence-electron chi connectivity index (χ3n) is 4.37. The van der Waals surface area contributed by atoms with Crippen molar-refractivity contribution in [2.24, 2.45) is 4.99 Å². The monoisotopic (exact) mass is 238 g/mol. The predicted molar refractivity (Wildman–Crippen MR) is 69.4 cm³/mol. The molecule has 1 heterocycles. The molecule has 0 aliphatic heterocycles. The first kappa shape index (κ1) is 10.1. The van der Waals surface area contributed by atoms with Gasteiger partial charge in [-0.1, -0.05) is 6.07 Å². The summed E-state index contributed by atoms with van der Waals surface area (Å²) >= 11 is 0. The lowest BCUT2D eigenvalue weighted by Gasteiger charge is -2.08. The quantitative estimate of drug-likeness (QED) is 0.634. The zero-order chi connectivity index (χ0) is 12.2. The lowest BCUT2D eigenvalue weighted by atomic mass is 10.0. The van der Waals surface area contributed by atoms with Crippen LogP contribution in [0, 0.1) is 0 Å². The average molecular weight is 238 g/mol. The van der Waals surface area contributed by atoms with Gasteiger partial charge in [-0.2, -0.15) is 4.99 Å². The van der Waals surface area contributed by atoms with Crippen LogP contribution in [0.2, 0.25) is 0 Å². The SMILES string of the molecule is O=C=NC1(c2ccc3[nH]c4c(c3c2)CCC4)CC1. The van der Waals surface area contributed by atoms with Gasteiger partial charge in [0.2, 0.25) is 6.08 Å². The van der Waals surface area contributed by atoms with Crippen LogP contribution in [0.3, 0.4) is 0 Å². The Hall–Kier alpha value is -1.86. The zero-order valence-corrected chi connectivity index (χ0v) is 10.1. The minimum Gasteiger partial charge on any atom is -0.358 e. The highest BCUT2D eigenvalue weighted by Crippen LogP contribution is 2.50. The third kappa shape index (κ3) is 1.25. The van der Waals surface area contributed by atoms with Crippen LogP contribution in [0.4, 0.5) is 0 Å². The van der Waals surface area contributed by atoms with Crippen LogP contribution in [0.25, 0.3) is 10.9 Å². The smallest absolute Gasteiger partial charge is 0.235 e. The van der Waals surface area contributed by atoms with Crippen molar-refractivity contribution in [2.75, 3.05) is 0 Å². The van der Waals surface area contributed by atoms with E-state index in [0.29, 0.717) is 0 Å². The van der Waals surface area contributed by atoms with E-state index in [4.69, 9.17) is 0 Å². The number of H-pyrrole nitrogens is 1. The lowest BCUT2D eigenvalue weighted by Crippen LogP contribution is -2.01. The Balaban J connectivity index is 1.91. The van der Waals surface area contributed by atoms with Crippen LogP contribution in [-0.2, 0) is 23.2 Å². The van der Waals surface area contributed by atoms with Gasteiger partial charge >= 0.3 is 0 Å². The summed E-state index contributed by atoms with van der Waals surface area (Å²) in [5.74, 6) is 0. The normalized spacial score (nSPS) is 19.6. The minimum absolute atomic E-state index is 0.251. The molecule has 0 unspecified atom stereocenters. The number of hydrogen-bond donors (Lipinski definition) is 1. The maximum absolute atomic E-state index is 10.5. The largest absolute Gasteiger partial charge is 0.358 e. The van der Waals surface area contributed by atoms with E-state index < -0.39 is 0 Å². The van der Waals surface area contributed by atoms with Gasteiger partial charge in [-0.3, -0.25) is 0 Å². The van der Waals surface area contributed by atoms with E-state index in [0.717, 1.165) is 19.3 Å². The first-order valence-electron chi connectivity index (χ1n) is 6.55. The number of aromatic amines is 1. The molecular weight excluding hydrogens is 224 g/mol. The molecular formula is C15H14N2O. The summed E-state index contributed by atoms with van der Waals surface area (Å²) in [6.07, 6.45) is 7.26. The Kier molecular flexibility index (Phi) is 1.87. The van der Waals surface area contributed by atoms with Crippen molar-refractivity contribution in [3.8, 4) is 0 Å². The lowest BCUT2D eigenvalue weighted by molar-refractivity contribution is 0.556. The second-order valence-electron chi connectivity index (χ2n) is 5.43. The number of rotatable bonds is 2. The number of carbonyl (C=O) groups excluding carboxylic acids is 1. The second-order valence-corrected chi connectivity index (χ2v) is 5.43. The summed E-state index contributed by atoms with van der Waals surface area (Å²) in [6, 6.07) is 6.45. The van der Waals surface area contributed by atoms with Crippen LogP contribution in [0.1, 0.15) is 36.1 Å². The van der Waals surface area contributed by atoms with Gasteiger partial charge in [0.05, 0.1) is 5.54 Å². The van der Waals surface area contributed by atoms with Crippen molar-refractivity contribution in [3.63, 3.8) is 0 Å². The molecule has 3 heteroatoms. The standard InChI is InChI=1S/C15H14N2O/c18-9-16-15(6-7-15)10-4-5-14-12(8-10)11-2-1-3-13(11)17-14/h4-5,8,17H,1-3,6-7H2. The molecule has 1 fully saturated rings. The summed E-state index contributed by atoms with van der Waals surface area (Å²) in [6.45, 7) is 0. The van der Waals surface area contributed by atoms with Gasteiger partial charge in [0, 0.05) is 16.6 Å². The van der Waals surface area contributed by atoms with Crippen molar-refractivity contribution in [2.45, 2.75) is 37.6 Å². The molecule has 1 N–H and O–H groups in total. The first-order chi connectivity index (χ1) is 8.82. The molecule has 90 valence electrons. The molecule has 1 saturated carbocycles. The van der Waals surface area contributed by atoms with Crippen molar-refractivity contribution in [1.82, 2.24) is 4.98 Å². The molecule has 0 saturated heterocycles. The summed E-state index contributed by atoms with van der Waals surface area (Å²) in [4.78, 5) is 18.0. The van der Waals surface area contributed by atoms with Crippen molar-refractivity contribution in [3.05, 3.63) is 35.0 Å². The summed E-state index contributed by atoms with van der Waals surface area (Å²) in [5.41, 5.74) is 5.00. The number of isocyanates is 1. The number of aliphatic imine (C=N–C) groups is 1. The predicted octanol–water partition coefficient (Wildman–Crippen LogP) is 2.98. The molecule has 18 heavy (non-hydrogen) atoms. The molecule has 0 bridgehead atoms. The van der Waals surface area contributed by atoms with E-state index in [1.54, 1.807) is 6.08 Å². The highest BCUT2D eigenvalue weighted by Gasteiger charge is 2.45. The van der Waals surface area contributed by atoms with Crippen molar-refractivity contribution in [1.29, 1.82) is 0 Å². The fourth-order valence-electron chi connectivity index (χ4n) is 3.20. The van der Waals surface area contributed by atoms with Gasteiger partial charge < -0.3 is 4.98 Å².